The molecule has 1 heterocycles. The normalized spacial score (nSPS) is 11.9. The largest absolute Gasteiger partial charge is 0.407 e. The van der Waals surface area contributed by atoms with E-state index in [9.17, 15) is 21.6 Å². The number of carbonyl (C=O) groups excluding carboxylic acids is 1. The van der Waals surface area contributed by atoms with Crippen molar-refractivity contribution in [2.45, 2.75) is 16.2 Å². The van der Waals surface area contributed by atoms with Crippen molar-refractivity contribution in [3.8, 4) is 0 Å². The van der Waals surface area contributed by atoms with Gasteiger partial charge in [0.25, 0.3) is 5.91 Å². The number of hydrogen-bond acceptors (Lipinski definition) is 8. The Morgan fingerprint density at radius 1 is 0.862 bits per heavy atom. The Morgan fingerprint density at radius 3 is 1.90 bits per heavy atom. The Kier molecular flexibility index (Phi) is 5.53. The first-order chi connectivity index (χ1) is 13.5. The number of nitrogens with one attached hydrogen (secondary N) is 1. The highest BCUT2D eigenvalue weighted by molar-refractivity contribution is 7.91. The average Bonchev–Trinajstić information content (AvgIpc) is 3.07. The molecule has 3 aromatic rings. The van der Waals surface area contributed by atoms with Gasteiger partial charge >= 0.3 is 6.01 Å². The topological polar surface area (TPSA) is 136 Å². The summed E-state index contributed by atoms with van der Waals surface area (Å²) in [5, 5.41) is 10.0. The van der Waals surface area contributed by atoms with Crippen molar-refractivity contribution in [3.05, 3.63) is 65.5 Å². The van der Waals surface area contributed by atoms with E-state index in [0.29, 0.717) is 0 Å². The van der Waals surface area contributed by atoms with Crippen LogP contribution in [-0.4, -0.2) is 45.5 Å². The van der Waals surface area contributed by atoms with Crippen molar-refractivity contribution < 1.29 is 26.0 Å². The van der Waals surface area contributed by atoms with Crippen LogP contribution in [0.3, 0.4) is 0 Å². The summed E-state index contributed by atoms with van der Waals surface area (Å²) in [7, 11) is -6.62. The lowest BCUT2D eigenvalue weighted by molar-refractivity contribution is 0.102. The maximum atomic E-state index is 12.2. The van der Waals surface area contributed by atoms with Crippen molar-refractivity contribution >= 4 is 31.6 Å². The molecular weight excluding hydrogens is 418 g/mol. The molecule has 9 nitrogen and oxygen atoms in total. The molecule has 0 radical (unpaired) electrons. The Balaban J connectivity index is 1.66. The Morgan fingerprint density at radius 2 is 1.38 bits per heavy atom. The van der Waals surface area contributed by atoms with Crippen molar-refractivity contribution in [1.82, 2.24) is 10.2 Å². The highest BCUT2D eigenvalue weighted by Gasteiger charge is 2.14. The zero-order valence-electron chi connectivity index (χ0n) is 15.5. The number of hydrogen-bond donors (Lipinski definition) is 1. The predicted octanol–water partition coefficient (Wildman–Crippen LogP) is 1.72. The van der Waals surface area contributed by atoms with E-state index in [4.69, 9.17) is 4.42 Å². The van der Waals surface area contributed by atoms with Gasteiger partial charge in [0.2, 0.25) is 5.89 Å². The summed E-state index contributed by atoms with van der Waals surface area (Å²) in [5.74, 6) is -0.294. The van der Waals surface area contributed by atoms with Gasteiger partial charge in [0, 0.05) is 18.1 Å². The molecule has 2 aromatic carbocycles. The van der Waals surface area contributed by atoms with E-state index in [0.717, 1.165) is 18.1 Å². The van der Waals surface area contributed by atoms with E-state index in [-0.39, 0.29) is 33.7 Å². The molecule has 152 valence electrons. The number of carbonyl (C=O) groups is 1. The van der Waals surface area contributed by atoms with Crippen LogP contribution >= 0.6 is 0 Å². The summed E-state index contributed by atoms with van der Waals surface area (Å²) in [6.07, 6.45) is 2.47. The van der Waals surface area contributed by atoms with Crippen LogP contribution in [0.2, 0.25) is 0 Å². The molecule has 3 rings (SSSR count). The zero-order chi connectivity index (χ0) is 21.2. The highest BCUT2D eigenvalue weighted by atomic mass is 32.2. The van der Waals surface area contributed by atoms with Crippen LogP contribution in [0.1, 0.15) is 21.8 Å². The van der Waals surface area contributed by atoms with Crippen LogP contribution in [0.4, 0.5) is 6.01 Å². The first-order valence-electron chi connectivity index (χ1n) is 8.25. The lowest BCUT2D eigenvalue weighted by Gasteiger charge is -2.02. The fraction of sp³-hybridized carbons (Fsp3) is 0.167. The van der Waals surface area contributed by atoms with E-state index in [2.05, 4.69) is 15.5 Å². The third-order valence-electron chi connectivity index (χ3n) is 3.94. The third kappa shape index (κ3) is 5.27. The van der Waals surface area contributed by atoms with Crippen LogP contribution < -0.4 is 5.32 Å². The van der Waals surface area contributed by atoms with Gasteiger partial charge in [-0.15, -0.1) is 5.10 Å². The van der Waals surface area contributed by atoms with Crippen molar-refractivity contribution in [1.29, 1.82) is 0 Å². The molecule has 0 unspecified atom stereocenters. The maximum absolute atomic E-state index is 12.2. The summed E-state index contributed by atoms with van der Waals surface area (Å²) in [6, 6.07) is 11.6. The van der Waals surface area contributed by atoms with Crippen LogP contribution in [-0.2, 0) is 26.1 Å². The molecule has 0 fully saturated rings. The standard InChI is InChI=1S/C18H17N3O6S2/c1-28(23,24)14-7-3-12(4-8-14)11-16-20-21-18(27-16)19-17(22)13-5-9-15(10-6-13)29(2,25)26/h3-10H,11H2,1-2H3,(H,19,21,22). The van der Waals surface area contributed by atoms with Crippen LogP contribution in [0.25, 0.3) is 0 Å². The van der Waals surface area contributed by atoms with E-state index in [1.807, 2.05) is 0 Å². The molecule has 0 bridgehead atoms. The smallest absolute Gasteiger partial charge is 0.322 e. The third-order valence-corrected chi connectivity index (χ3v) is 6.20. The minimum absolute atomic E-state index is 0.107. The van der Waals surface area contributed by atoms with Crippen molar-refractivity contribution in [2.24, 2.45) is 0 Å². The SMILES string of the molecule is CS(=O)(=O)c1ccc(Cc2nnc(NC(=O)c3ccc(S(C)(=O)=O)cc3)o2)cc1. The fourth-order valence-corrected chi connectivity index (χ4v) is 3.69. The van der Waals surface area contributed by atoms with Crippen molar-refractivity contribution in [3.63, 3.8) is 0 Å². The van der Waals surface area contributed by atoms with Gasteiger partial charge in [0.1, 0.15) is 0 Å². The second kappa shape index (κ2) is 7.76. The number of sulfone groups is 2. The fourth-order valence-electron chi connectivity index (χ4n) is 2.43. The quantitative estimate of drug-likeness (QED) is 0.618. The summed E-state index contributed by atoms with van der Waals surface area (Å²) >= 11 is 0. The van der Waals surface area contributed by atoms with Gasteiger partial charge < -0.3 is 4.42 Å². The first-order valence-corrected chi connectivity index (χ1v) is 12.0. The first kappa shape index (κ1) is 20.7. The lowest BCUT2D eigenvalue weighted by Crippen LogP contribution is -2.12. The molecule has 0 spiro atoms. The highest BCUT2D eigenvalue weighted by Crippen LogP contribution is 2.16. The van der Waals surface area contributed by atoms with Crippen LogP contribution in [0, 0.1) is 0 Å². The zero-order valence-corrected chi connectivity index (χ0v) is 17.1. The van der Waals surface area contributed by atoms with Gasteiger partial charge in [0.05, 0.1) is 16.2 Å². The van der Waals surface area contributed by atoms with Gasteiger partial charge in [-0.3, -0.25) is 10.1 Å². The molecule has 0 atom stereocenters. The molecular formula is C18H17N3O6S2. The number of aromatic nitrogens is 2. The second-order valence-corrected chi connectivity index (χ2v) is 10.4. The van der Waals surface area contributed by atoms with Gasteiger partial charge in [-0.1, -0.05) is 17.2 Å². The lowest BCUT2D eigenvalue weighted by atomic mass is 10.1. The molecule has 0 aliphatic heterocycles. The molecule has 0 aliphatic rings. The monoisotopic (exact) mass is 435 g/mol. The molecule has 1 N–H and O–H groups in total. The Hall–Kier alpha value is -3.05. The van der Waals surface area contributed by atoms with Gasteiger partial charge in [-0.2, -0.15) is 0 Å². The second-order valence-electron chi connectivity index (χ2n) is 6.34. The molecule has 29 heavy (non-hydrogen) atoms. The van der Waals surface area contributed by atoms with Gasteiger partial charge in [-0.25, -0.2) is 16.8 Å². The number of nitrogens with zero attached hydrogens (tertiary/aromatic N) is 2. The van der Waals surface area contributed by atoms with E-state index in [1.54, 1.807) is 12.1 Å². The Labute approximate surface area is 167 Å². The van der Waals surface area contributed by atoms with E-state index >= 15 is 0 Å². The molecule has 11 heteroatoms. The van der Waals surface area contributed by atoms with E-state index in [1.165, 1.54) is 36.4 Å². The van der Waals surface area contributed by atoms with E-state index < -0.39 is 25.6 Å². The predicted molar refractivity (Wildman–Crippen MR) is 104 cm³/mol. The number of amides is 1. The summed E-state index contributed by atoms with van der Waals surface area (Å²) in [6.45, 7) is 0. The van der Waals surface area contributed by atoms with Crippen molar-refractivity contribution in [2.75, 3.05) is 17.8 Å². The number of rotatable bonds is 6. The minimum atomic E-state index is -3.35. The van der Waals surface area contributed by atoms with Gasteiger partial charge in [-0.05, 0) is 42.0 Å². The maximum Gasteiger partial charge on any atom is 0.322 e. The summed E-state index contributed by atoms with van der Waals surface area (Å²) in [5.41, 5.74) is 0.990. The Bertz CT molecular complexity index is 1250. The minimum Gasteiger partial charge on any atom is -0.407 e. The number of benzene rings is 2. The molecule has 0 aliphatic carbocycles. The molecule has 0 saturated heterocycles. The molecule has 1 aromatic heterocycles. The van der Waals surface area contributed by atoms with Crippen LogP contribution in [0.15, 0.2) is 62.7 Å². The summed E-state index contributed by atoms with van der Waals surface area (Å²) < 4.78 is 51.3. The molecule has 1 amide bonds. The van der Waals surface area contributed by atoms with Gasteiger partial charge in [0.15, 0.2) is 19.7 Å². The molecule has 0 saturated carbocycles. The van der Waals surface area contributed by atoms with Crippen LogP contribution in [0.5, 0.6) is 0 Å². The average molecular weight is 435 g/mol. The summed E-state index contributed by atoms with van der Waals surface area (Å²) in [4.78, 5) is 12.5. The number of anilines is 1.